The molecule has 0 spiro atoms. The topological polar surface area (TPSA) is 17.1 Å². The first-order valence-electron chi connectivity index (χ1n) is 7.86. The van der Waals surface area contributed by atoms with Gasteiger partial charge in [-0.3, -0.25) is 4.79 Å². The van der Waals surface area contributed by atoms with E-state index >= 15 is 0 Å². The van der Waals surface area contributed by atoms with Gasteiger partial charge in [0, 0.05) is 5.56 Å². The lowest BCUT2D eigenvalue weighted by Gasteiger charge is -2.35. The second-order valence-corrected chi connectivity index (χ2v) is 7.37. The number of aryl methyl sites for hydroxylation is 1. The zero-order valence-electron chi connectivity index (χ0n) is 14.1. The number of carbonyl (C=O) groups is 1. The number of fused-ring (bicyclic) bond motifs is 1. The molecule has 20 heavy (non-hydrogen) atoms. The zero-order valence-corrected chi connectivity index (χ0v) is 14.1. The molecule has 1 aliphatic carbocycles. The van der Waals surface area contributed by atoms with Gasteiger partial charge in [0.15, 0.2) is 5.78 Å². The Bertz CT molecular complexity index is 549. The number of hydrogen-bond acceptors (Lipinski definition) is 1. The fourth-order valence-corrected chi connectivity index (χ4v) is 4.63. The van der Waals surface area contributed by atoms with E-state index in [0.717, 1.165) is 12.0 Å². The summed E-state index contributed by atoms with van der Waals surface area (Å²) < 4.78 is 0. The quantitative estimate of drug-likeness (QED) is 0.704. The third kappa shape index (κ3) is 1.94. The van der Waals surface area contributed by atoms with Crippen molar-refractivity contribution in [1.82, 2.24) is 0 Å². The van der Waals surface area contributed by atoms with Gasteiger partial charge in [0.05, 0.1) is 0 Å². The Morgan fingerprint density at radius 1 is 1.05 bits per heavy atom. The van der Waals surface area contributed by atoms with Crippen LogP contribution in [0.5, 0.6) is 0 Å². The summed E-state index contributed by atoms with van der Waals surface area (Å²) in [5.74, 6) is 0.815. The molecule has 0 saturated carbocycles. The van der Waals surface area contributed by atoms with Crippen molar-refractivity contribution in [2.45, 2.75) is 72.1 Å². The highest BCUT2D eigenvalue weighted by Crippen LogP contribution is 2.55. The molecule has 0 amide bonds. The van der Waals surface area contributed by atoms with E-state index in [1.54, 1.807) is 6.92 Å². The molecule has 1 nitrogen and oxygen atoms in total. The van der Waals surface area contributed by atoms with Crippen molar-refractivity contribution in [2.24, 2.45) is 5.92 Å². The van der Waals surface area contributed by atoms with Crippen LogP contribution in [0, 0.1) is 5.92 Å². The fourth-order valence-electron chi connectivity index (χ4n) is 4.63. The predicted molar refractivity (Wildman–Crippen MR) is 85.7 cm³/mol. The first-order valence-corrected chi connectivity index (χ1v) is 7.86. The molecule has 2 rings (SSSR count). The summed E-state index contributed by atoms with van der Waals surface area (Å²) in [6, 6.07) is 4.50. The molecule has 0 saturated heterocycles. The summed E-state index contributed by atoms with van der Waals surface area (Å²) in [6.07, 6.45) is 2.10. The lowest BCUT2D eigenvalue weighted by atomic mass is 9.69. The highest BCUT2D eigenvalue weighted by atomic mass is 16.1. The van der Waals surface area contributed by atoms with Gasteiger partial charge in [0.2, 0.25) is 0 Å². The van der Waals surface area contributed by atoms with Crippen LogP contribution in [-0.2, 0) is 17.3 Å². The second kappa shape index (κ2) is 4.72. The monoisotopic (exact) mass is 272 g/mol. The number of rotatable bonds is 3. The van der Waals surface area contributed by atoms with Crippen LogP contribution in [0.15, 0.2) is 12.1 Å². The number of ketones is 1. The average Bonchev–Trinajstić information content (AvgIpc) is 2.51. The Labute approximate surface area is 123 Å². The van der Waals surface area contributed by atoms with Gasteiger partial charge in [-0.2, -0.15) is 0 Å². The lowest BCUT2D eigenvalue weighted by molar-refractivity contribution is 0.101. The summed E-state index contributed by atoms with van der Waals surface area (Å²) in [6.45, 7) is 15.5. The number of Topliss-reactive ketones (excluding diaryl/α,β-unsaturated/α-hetero) is 1. The highest BCUT2D eigenvalue weighted by molar-refractivity contribution is 5.96. The Morgan fingerprint density at radius 3 is 1.95 bits per heavy atom. The lowest BCUT2D eigenvalue weighted by Crippen LogP contribution is -2.33. The molecule has 1 heteroatoms. The van der Waals surface area contributed by atoms with Crippen LogP contribution in [0.4, 0.5) is 0 Å². The van der Waals surface area contributed by atoms with Crippen molar-refractivity contribution in [3.05, 3.63) is 34.4 Å². The smallest absolute Gasteiger partial charge is 0.160 e. The van der Waals surface area contributed by atoms with Gasteiger partial charge in [0.25, 0.3) is 0 Å². The number of hydrogen-bond donors (Lipinski definition) is 0. The molecule has 0 aromatic heterocycles. The molecule has 0 fully saturated rings. The minimum atomic E-state index is 0.143. The van der Waals surface area contributed by atoms with Crippen molar-refractivity contribution >= 4 is 5.78 Å². The largest absolute Gasteiger partial charge is 0.295 e. The van der Waals surface area contributed by atoms with Crippen LogP contribution in [0.1, 0.15) is 81.9 Å². The maximum atomic E-state index is 11.9. The molecule has 0 heterocycles. The molecule has 0 bridgehead atoms. The van der Waals surface area contributed by atoms with Crippen LogP contribution < -0.4 is 0 Å². The third-order valence-corrected chi connectivity index (χ3v) is 5.54. The molecule has 0 radical (unpaired) electrons. The fraction of sp³-hybridized carbons (Fsp3) is 0.632. The van der Waals surface area contributed by atoms with Crippen LogP contribution in [0.25, 0.3) is 0 Å². The molecular weight excluding hydrogens is 244 g/mol. The Morgan fingerprint density at radius 2 is 1.55 bits per heavy atom. The van der Waals surface area contributed by atoms with Crippen molar-refractivity contribution in [3.8, 4) is 0 Å². The molecule has 1 atom stereocenters. The maximum absolute atomic E-state index is 11.9. The van der Waals surface area contributed by atoms with Gasteiger partial charge in [-0.15, -0.1) is 0 Å². The Balaban J connectivity index is 2.76. The van der Waals surface area contributed by atoms with Crippen molar-refractivity contribution in [3.63, 3.8) is 0 Å². The molecule has 1 unspecified atom stereocenters. The molecule has 1 aromatic carbocycles. The van der Waals surface area contributed by atoms with Crippen molar-refractivity contribution in [1.29, 1.82) is 0 Å². The molecule has 0 N–H and O–H groups in total. The summed E-state index contributed by atoms with van der Waals surface area (Å²) >= 11 is 0. The molecule has 0 aliphatic heterocycles. The van der Waals surface area contributed by atoms with Crippen LogP contribution in [0.3, 0.4) is 0 Å². The minimum absolute atomic E-state index is 0.143. The van der Waals surface area contributed by atoms with Gasteiger partial charge in [-0.1, -0.05) is 54.0 Å². The van der Waals surface area contributed by atoms with Crippen LogP contribution in [0.2, 0.25) is 0 Å². The average molecular weight is 272 g/mol. The normalized spacial score (nSPS) is 22.6. The SMILES string of the molecule is CCc1cc2c(cc1C(C)=O)C(C)(C)C(CC)C2(C)C. The minimum Gasteiger partial charge on any atom is -0.295 e. The predicted octanol–water partition coefficient (Wildman–Crippen LogP) is 5.05. The number of benzene rings is 1. The van der Waals surface area contributed by atoms with Gasteiger partial charge in [-0.05, 0) is 52.8 Å². The Kier molecular flexibility index (Phi) is 3.60. The van der Waals surface area contributed by atoms with E-state index in [1.807, 2.05) is 0 Å². The van der Waals surface area contributed by atoms with Crippen LogP contribution in [-0.4, -0.2) is 5.78 Å². The van der Waals surface area contributed by atoms with Gasteiger partial charge in [-0.25, -0.2) is 0 Å². The van der Waals surface area contributed by atoms with E-state index < -0.39 is 0 Å². The standard InChI is InChI=1S/C19H28O/c1-8-13-10-15-16(11-14(13)12(3)20)19(6,7)17(9-2)18(15,4)5/h10-11,17H,8-9H2,1-7H3. The maximum Gasteiger partial charge on any atom is 0.160 e. The van der Waals surface area contributed by atoms with E-state index in [1.165, 1.54) is 23.1 Å². The summed E-state index contributed by atoms with van der Waals surface area (Å²) in [7, 11) is 0. The van der Waals surface area contributed by atoms with Crippen LogP contribution >= 0.6 is 0 Å². The summed E-state index contributed by atoms with van der Waals surface area (Å²) in [5.41, 5.74) is 5.30. The summed E-state index contributed by atoms with van der Waals surface area (Å²) in [5, 5.41) is 0. The molecule has 1 aromatic rings. The molecular formula is C19H28O. The third-order valence-electron chi connectivity index (χ3n) is 5.54. The van der Waals surface area contributed by atoms with E-state index in [2.05, 4.69) is 53.7 Å². The van der Waals surface area contributed by atoms with Crippen molar-refractivity contribution in [2.75, 3.05) is 0 Å². The first kappa shape index (κ1) is 15.3. The van der Waals surface area contributed by atoms with E-state index in [0.29, 0.717) is 5.92 Å². The van der Waals surface area contributed by atoms with E-state index in [9.17, 15) is 4.79 Å². The zero-order chi connectivity index (χ0) is 15.3. The molecule has 110 valence electrons. The Hall–Kier alpha value is -1.11. The van der Waals surface area contributed by atoms with Gasteiger partial charge >= 0.3 is 0 Å². The van der Waals surface area contributed by atoms with E-state index in [-0.39, 0.29) is 16.6 Å². The van der Waals surface area contributed by atoms with Crippen molar-refractivity contribution < 1.29 is 4.79 Å². The van der Waals surface area contributed by atoms with E-state index in [4.69, 9.17) is 0 Å². The summed E-state index contributed by atoms with van der Waals surface area (Å²) in [4.78, 5) is 11.9. The second-order valence-electron chi connectivity index (χ2n) is 7.37. The van der Waals surface area contributed by atoms with Gasteiger partial charge in [0.1, 0.15) is 0 Å². The highest BCUT2D eigenvalue weighted by Gasteiger charge is 2.50. The molecule has 1 aliphatic rings. The first-order chi connectivity index (χ1) is 9.17. The van der Waals surface area contributed by atoms with Gasteiger partial charge < -0.3 is 0 Å². The number of carbonyl (C=O) groups excluding carboxylic acids is 1.